The molecule has 0 aliphatic carbocycles. The number of hydrogen-bond acceptors (Lipinski definition) is 4. The molecule has 0 saturated heterocycles. The monoisotopic (exact) mass is 375 g/mol. The van der Waals surface area contributed by atoms with Gasteiger partial charge in [0.1, 0.15) is 5.69 Å². The predicted octanol–water partition coefficient (Wildman–Crippen LogP) is 4.20. The molecule has 1 aromatic carbocycles. The van der Waals surface area contributed by atoms with E-state index in [1.54, 1.807) is 12.1 Å². The molecular weight excluding hydrogens is 363 g/mol. The summed E-state index contributed by atoms with van der Waals surface area (Å²) in [6, 6.07) is 10.4. The number of aromatic nitrogens is 1. The Bertz CT molecular complexity index is 955. The first kappa shape index (κ1) is 18.2. The molecule has 2 aromatic heterocycles. The van der Waals surface area contributed by atoms with Crippen LogP contribution in [0.2, 0.25) is 0 Å². The quantitative estimate of drug-likeness (QED) is 0.716. The van der Waals surface area contributed by atoms with Crippen molar-refractivity contribution in [3.8, 4) is 0 Å². The Morgan fingerprint density at radius 3 is 2.41 bits per heavy atom. The lowest BCUT2D eigenvalue weighted by atomic mass is 10.1. The second-order valence-corrected chi connectivity index (χ2v) is 5.36. The third kappa shape index (κ3) is 4.32. The number of halogens is 3. The van der Waals surface area contributed by atoms with Gasteiger partial charge in [-0.25, -0.2) is 0 Å². The Hall–Kier alpha value is -3.62. The van der Waals surface area contributed by atoms with Gasteiger partial charge in [0.25, 0.3) is 11.8 Å². The Labute approximate surface area is 151 Å². The molecule has 0 saturated carbocycles. The highest BCUT2D eigenvalue weighted by molar-refractivity contribution is 6.04. The van der Waals surface area contributed by atoms with Crippen molar-refractivity contribution >= 4 is 23.2 Å². The zero-order valence-electron chi connectivity index (χ0n) is 13.6. The largest absolute Gasteiger partial charge is 0.459 e. The molecule has 0 bridgehead atoms. The normalized spacial score (nSPS) is 11.1. The predicted molar refractivity (Wildman–Crippen MR) is 90.3 cm³/mol. The van der Waals surface area contributed by atoms with E-state index in [-0.39, 0.29) is 17.1 Å². The van der Waals surface area contributed by atoms with Gasteiger partial charge in [0.05, 0.1) is 17.5 Å². The topological polar surface area (TPSA) is 84.2 Å². The molecule has 3 rings (SSSR count). The number of anilines is 2. The summed E-state index contributed by atoms with van der Waals surface area (Å²) in [7, 11) is 0. The van der Waals surface area contributed by atoms with Crippen LogP contribution in [0.15, 0.2) is 65.4 Å². The number of hydrogen-bond donors (Lipinski definition) is 2. The van der Waals surface area contributed by atoms with Crippen LogP contribution in [-0.2, 0) is 6.18 Å². The molecule has 0 fully saturated rings. The fourth-order valence-electron chi connectivity index (χ4n) is 2.25. The zero-order chi connectivity index (χ0) is 19.4. The fourth-order valence-corrected chi connectivity index (χ4v) is 2.25. The minimum Gasteiger partial charge on any atom is -0.459 e. The summed E-state index contributed by atoms with van der Waals surface area (Å²) in [6.45, 7) is 0. The number of benzene rings is 1. The van der Waals surface area contributed by atoms with Gasteiger partial charge < -0.3 is 15.1 Å². The third-order valence-corrected chi connectivity index (χ3v) is 3.47. The van der Waals surface area contributed by atoms with Crippen LogP contribution in [-0.4, -0.2) is 16.8 Å². The number of carbonyl (C=O) groups is 2. The molecular formula is C18H12F3N3O3. The number of furan rings is 1. The van der Waals surface area contributed by atoms with Crippen molar-refractivity contribution in [2.45, 2.75) is 6.18 Å². The molecule has 9 heteroatoms. The van der Waals surface area contributed by atoms with E-state index in [2.05, 4.69) is 15.6 Å². The summed E-state index contributed by atoms with van der Waals surface area (Å²) < 4.78 is 45.1. The summed E-state index contributed by atoms with van der Waals surface area (Å²) >= 11 is 0. The van der Waals surface area contributed by atoms with Crippen LogP contribution in [0, 0.1) is 0 Å². The van der Waals surface area contributed by atoms with Gasteiger partial charge in [0.2, 0.25) is 0 Å². The van der Waals surface area contributed by atoms with E-state index in [0.717, 1.165) is 12.1 Å². The van der Waals surface area contributed by atoms with Crippen molar-refractivity contribution in [1.82, 2.24) is 4.98 Å². The minimum atomic E-state index is -4.75. The fraction of sp³-hybridized carbons (Fsp3) is 0.0556. The van der Waals surface area contributed by atoms with Gasteiger partial charge in [0, 0.05) is 11.9 Å². The van der Waals surface area contributed by atoms with Crippen molar-refractivity contribution < 1.29 is 27.2 Å². The van der Waals surface area contributed by atoms with Crippen molar-refractivity contribution in [3.63, 3.8) is 0 Å². The Morgan fingerprint density at radius 2 is 1.78 bits per heavy atom. The third-order valence-electron chi connectivity index (χ3n) is 3.47. The van der Waals surface area contributed by atoms with Crippen LogP contribution in [0.4, 0.5) is 24.5 Å². The number of amides is 2. The summed E-state index contributed by atoms with van der Waals surface area (Å²) in [6.07, 6.45) is -2.13. The zero-order valence-corrected chi connectivity index (χ0v) is 13.6. The lowest BCUT2D eigenvalue weighted by molar-refractivity contribution is -0.136. The van der Waals surface area contributed by atoms with E-state index < -0.39 is 29.2 Å². The van der Waals surface area contributed by atoms with Crippen molar-refractivity contribution in [2.75, 3.05) is 10.6 Å². The average Bonchev–Trinajstić information content (AvgIpc) is 3.17. The average molecular weight is 375 g/mol. The summed E-state index contributed by atoms with van der Waals surface area (Å²) in [5, 5.41) is 4.50. The maximum absolute atomic E-state index is 13.4. The number of nitrogens with one attached hydrogen (secondary N) is 2. The first-order chi connectivity index (χ1) is 12.8. The second-order valence-electron chi connectivity index (χ2n) is 5.36. The number of nitrogens with zero attached hydrogens (tertiary/aromatic N) is 1. The summed E-state index contributed by atoms with van der Waals surface area (Å²) in [5.74, 6) is -1.53. The van der Waals surface area contributed by atoms with Crippen LogP contribution >= 0.6 is 0 Å². The molecule has 2 heterocycles. The minimum absolute atomic E-state index is 0.0270. The van der Waals surface area contributed by atoms with E-state index in [1.807, 2.05) is 0 Å². The van der Waals surface area contributed by atoms with Crippen LogP contribution in [0.3, 0.4) is 0 Å². The molecule has 0 unspecified atom stereocenters. The Morgan fingerprint density at radius 1 is 0.963 bits per heavy atom. The van der Waals surface area contributed by atoms with E-state index in [1.165, 1.54) is 36.7 Å². The van der Waals surface area contributed by atoms with E-state index in [9.17, 15) is 22.8 Å². The number of alkyl halides is 3. The molecule has 138 valence electrons. The number of rotatable bonds is 4. The molecule has 0 atom stereocenters. The van der Waals surface area contributed by atoms with Gasteiger partial charge >= 0.3 is 6.18 Å². The molecule has 2 N–H and O–H groups in total. The molecule has 27 heavy (non-hydrogen) atoms. The van der Waals surface area contributed by atoms with Crippen LogP contribution in [0.5, 0.6) is 0 Å². The van der Waals surface area contributed by atoms with Crippen molar-refractivity contribution in [2.24, 2.45) is 0 Å². The van der Waals surface area contributed by atoms with Crippen LogP contribution in [0.25, 0.3) is 0 Å². The molecule has 0 spiro atoms. The molecule has 0 radical (unpaired) electrons. The number of carbonyl (C=O) groups excluding carboxylic acids is 2. The Balaban J connectivity index is 1.86. The van der Waals surface area contributed by atoms with Gasteiger partial charge in [-0.2, -0.15) is 13.2 Å². The van der Waals surface area contributed by atoms with Gasteiger partial charge in [0.15, 0.2) is 5.76 Å². The van der Waals surface area contributed by atoms with Crippen molar-refractivity contribution in [3.05, 3.63) is 78.0 Å². The molecule has 2 amide bonds. The standard InChI is InChI=1S/C18H12F3N3O3/c19-18(20,21)12-10-11(23-17(26)15-5-3-9-27-15)6-7-13(12)24-16(25)14-4-1-2-8-22-14/h1-10H,(H,23,26)(H,24,25). The first-order valence-corrected chi connectivity index (χ1v) is 7.63. The summed E-state index contributed by atoms with van der Waals surface area (Å²) in [4.78, 5) is 27.8. The lowest BCUT2D eigenvalue weighted by Crippen LogP contribution is -2.18. The smallest absolute Gasteiger partial charge is 0.418 e. The van der Waals surface area contributed by atoms with E-state index in [0.29, 0.717) is 0 Å². The number of pyridine rings is 1. The van der Waals surface area contributed by atoms with Crippen molar-refractivity contribution in [1.29, 1.82) is 0 Å². The highest BCUT2D eigenvalue weighted by Crippen LogP contribution is 2.36. The second kappa shape index (κ2) is 7.32. The van der Waals surface area contributed by atoms with E-state index >= 15 is 0 Å². The van der Waals surface area contributed by atoms with Gasteiger partial charge in [-0.1, -0.05) is 6.07 Å². The molecule has 0 aliphatic rings. The van der Waals surface area contributed by atoms with Gasteiger partial charge in [-0.3, -0.25) is 14.6 Å². The lowest BCUT2D eigenvalue weighted by Gasteiger charge is -2.15. The summed E-state index contributed by atoms with van der Waals surface area (Å²) in [5.41, 5.74) is -1.68. The molecule has 0 aliphatic heterocycles. The van der Waals surface area contributed by atoms with Gasteiger partial charge in [-0.05, 0) is 42.5 Å². The molecule has 3 aromatic rings. The maximum atomic E-state index is 13.4. The van der Waals surface area contributed by atoms with Crippen LogP contribution < -0.4 is 10.6 Å². The van der Waals surface area contributed by atoms with Crippen LogP contribution in [0.1, 0.15) is 26.6 Å². The van der Waals surface area contributed by atoms with E-state index in [4.69, 9.17) is 4.42 Å². The molecule has 6 nitrogen and oxygen atoms in total. The highest BCUT2D eigenvalue weighted by atomic mass is 19.4. The highest BCUT2D eigenvalue weighted by Gasteiger charge is 2.34. The Kier molecular flexibility index (Phi) is 4.93. The maximum Gasteiger partial charge on any atom is 0.418 e. The SMILES string of the molecule is O=C(Nc1ccc(NC(=O)c2ccco2)cc1C(F)(F)F)c1ccccn1. The van der Waals surface area contributed by atoms with Gasteiger partial charge in [-0.15, -0.1) is 0 Å². The first-order valence-electron chi connectivity index (χ1n) is 7.63.